The van der Waals surface area contributed by atoms with Crippen LogP contribution in [0.15, 0.2) is 18.2 Å². The zero-order chi connectivity index (χ0) is 15.3. The molecule has 0 radical (unpaired) electrons. The molecule has 1 aromatic carbocycles. The molecule has 0 aliphatic carbocycles. The van der Waals surface area contributed by atoms with Crippen LogP contribution in [0.4, 0.5) is 10.5 Å². The zero-order valence-electron chi connectivity index (χ0n) is 12.4. The average Bonchev–Trinajstić information content (AvgIpc) is 2.24. The summed E-state index contributed by atoms with van der Waals surface area (Å²) in [7, 11) is 0. The molecule has 0 atom stereocenters. The van der Waals surface area contributed by atoms with E-state index in [9.17, 15) is 9.59 Å². The second kappa shape index (κ2) is 6.93. The number of nitrogens with one attached hydrogen (secondary N) is 1. The monoisotopic (exact) mass is 278 g/mol. The molecule has 110 valence electrons. The molecule has 0 saturated heterocycles. The van der Waals surface area contributed by atoms with Crippen LogP contribution in [-0.4, -0.2) is 35.1 Å². The third-order valence-electron chi connectivity index (χ3n) is 2.67. The molecular formula is C15H22N2O3. The van der Waals surface area contributed by atoms with E-state index in [4.69, 9.17) is 5.11 Å². The number of nitrogens with zero attached hydrogens (tertiary/aromatic N) is 1. The molecule has 20 heavy (non-hydrogen) atoms. The summed E-state index contributed by atoms with van der Waals surface area (Å²) in [6.07, 6.45) is 0. The van der Waals surface area contributed by atoms with Gasteiger partial charge in [-0.25, -0.2) is 4.79 Å². The maximum atomic E-state index is 12.2. The quantitative estimate of drug-likeness (QED) is 0.870. The summed E-state index contributed by atoms with van der Waals surface area (Å²) < 4.78 is 0. The maximum absolute atomic E-state index is 12.2. The summed E-state index contributed by atoms with van der Waals surface area (Å²) in [5, 5.41) is 11.6. The first-order valence-corrected chi connectivity index (χ1v) is 6.64. The number of hydrogen-bond acceptors (Lipinski definition) is 2. The van der Waals surface area contributed by atoms with Crippen molar-refractivity contribution in [1.29, 1.82) is 0 Å². The Morgan fingerprint density at radius 3 is 2.20 bits per heavy atom. The summed E-state index contributed by atoms with van der Waals surface area (Å²) in [5.41, 5.74) is 2.79. The highest BCUT2D eigenvalue weighted by atomic mass is 16.4. The number of hydrogen-bond donors (Lipinski definition) is 2. The van der Waals surface area contributed by atoms with Gasteiger partial charge in [-0.3, -0.25) is 4.79 Å². The van der Waals surface area contributed by atoms with Crippen molar-refractivity contribution in [1.82, 2.24) is 4.90 Å². The Labute approximate surface area is 119 Å². The Hall–Kier alpha value is -2.04. The predicted octanol–water partition coefficient (Wildman–Crippen LogP) is 2.88. The summed E-state index contributed by atoms with van der Waals surface area (Å²) in [6.45, 7) is 7.90. The van der Waals surface area contributed by atoms with Gasteiger partial charge in [-0.15, -0.1) is 0 Å². The van der Waals surface area contributed by atoms with E-state index in [2.05, 4.69) is 5.32 Å². The molecule has 0 heterocycles. The van der Waals surface area contributed by atoms with Crippen molar-refractivity contribution in [3.05, 3.63) is 29.3 Å². The Kier molecular flexibility index (Phi) is 5.55. The van der Waals surface area contributed by atoms with E-state index in [1.807, 2.05) is 45.9 Å². The van der Waals surface area contributed by atoms with Gasteiger partial charge in [0.1, 0.15) is 6.54 Å². The normalized spacial score (nSPS) is 10.4. The number of urea groups is 1. The molecule has 1 rings (SSSR count). The highest BCUT2D eigenvalue weighted by molar-refractivity contribution is 5.91. The fourth-order valence-corrected chi connectivity index (χ4v) is 2.07. The van der Waals surface area contributed by atoms with Crippen molar-refractivity contribution in [3.63, 3.8) is 0 Å². The van der Waals surface area contributed by atoms with Gasteiger partial charge in [0.15, 0.2) is 0 Å². The van der Waals surface area contributed by atoms with Crippen molar-refractivity contribution in [2.45, 2.75) is 27.7 Å². The lowest BCUT2D eigenvalue weighted by atomic mass is 10.1. The number of amides is 2. The van der Waals surface area contributed by atoms with Crippen LogP contribution in [0.5, 0.6) is 0 Å². The molecule has 0 aliphatic rings. The van der Waals surface area contributed by atoms with Gasteiger partial charge in [-0.05, 0) is 43.0 Å². The molecule has 0 aromatic heterocycles. The van der Waals surface area contributed by atoms with Crippen LogP contribution in [0.1, 0.15) is 25.0 Å². The van der Waals surface area contributed by atoms with Gasteiger partial charge in [-0.2, -0.15) is 0 Å². The lowest BCUT2D eigenvalue weighted by Crippen LogP contribution is -2.40. The van der Waals surface area contributed by atoms with Gasteiger partial charge in [0.05, 0.1) is 0 Å². The Morgan fingerprint density at radius 1 is 1.20 bits per heavy atom. The number of benzene rings is 1. The van der Waals surface area contributed by atoms with Crippen molar-refractivity contribution in [2.75, 3.05) is 18.4 Å². The van der Waals surface area contributed by atoms with Gasteiger partial charge in [0.25, 0.3) is 0 Å². The smallest absolute Gasteiger partial charge is 0.323 e. The standard InChI is InChI=1S/C15H22N2O3/c1-10(2)8-17(9-14(18)19)15(20)16-13-6-11(3)5-12(4)7-13/h5-7,10H,8-9H2,1-4H3,(H,16,20)(H,18,19). The Balaban J connectivity index is 2.81. The van der Waals surface area contributed by atoms with E-state index in [0.29, 0.717) is 12.2 Å². The topological polar surface area (TPSA) is 69.6 Å². The first-order valence-electron chi connectivity index (χ1n) is 6.64. The summed E-state index contributed by atoms with van der Waals surface area (Å²) in [6, 6.07) is 5.35. The fourth-order valence-electron chi connectivity index (χ4n) is 2.07. The van der Waals surface area contributed by atoms with E-state index < -0.39 is 5.97 Å². The second-order valence-electron chi connectivity index (χ2n) is 5.47. The predicted molar refractivity (Wildman–Crippen MR) is 79.0 cm³/mol. The molecule has 0 unspecified atom stereocenters. The zero-order valence-corrected chi connectivity index (χ0v) is 12.4. The van der Waals surface area contributed by atoms with Crippen molar-refractivity contribution >= 4 is 17.7 Å². The molecule has 0 fully saturated rings. The van der Waals surface area contributed by atoms with Crippen LogP contribution in [0.3, 0.4) is 0 Å². The van der Waals surface area contributed by atoms with Crippen LogP contribution in [-0.2, 0) is 4.79 Å². The number of aliphatic carboxylic acids is 1. The van der Waals surface area contributed by atoms with Gasteiger partial charge < -0.3 is 15.3 Å². The Bertz CT molecular complexity index is 478. The van der Waals surface area contributed by atoms with E-state index in [1.165, 1.54) is 4.90 Å². The van der Waals surface area contributed by atoms with Gasteiger partial charge in [0.2, 0.25) is 0 Å². The highest BCUT2D eigenvalue weighted by Crippen LogP contribution is 2.14. The first-order chi connectivity index (χ1) is 9.27. The van der Waals surface area contributed by atoms with Gasteiger partial charge in [-0.1, -0.05) is 19.9 Å². The second-order valence-corrected chi connectivity index (χ2v) is 5.47. The Morgan fingerprint density at radius 2 is 1.75 bits per heavy atom. The van der Waals surface area contributed by atoms with Crippen LogP contribution in [0, 0.1) is 19.8 Å². The molecule has 0 spiro atoms. The van der Waals surface area contributed by atoms with Crippen LogP contribution in [0.2, 0.25) is 0 Å². The van der Waals surface area contributed by atoms with E-state index in [0.717, 1.165) is 11.1 Å². The molecule has 2 N–H and O–H groups in total. The minimum atomic E-state index is -1.01. The molecule has 5 nitrogen and oxygen atoms in total. The first kappa shape index (κ1) is 16.0. The maximum Gasteiger partial charge on any atom is 0.323 e. The molecule has 2 amide bonds. The fraction of sp³-hybridized carbons (Fsp3) is 0.467. The summed E-state index contributed by atoms with van der Waals surface area (Å²) >= 11 is 0. The van der Waals surface area contributed by atoms with E-state index in [-0.39, 0.29) is 18.5 Å². The highest BCUT2D eigenvalue weighted by Gasteiger charge is 2.18. The largest absolute Gasteiger partial charge is 0.480 e. The molecule has 0 saturated carbocycles. The average molecular weight is 278 g/mol. The minimum absolute atomic E-state index is 0.208. The summed E-state index contributed by atoms with van der Waals surface area (Å²) in [4.78, 5) is 24.3. The third kappa shape index (κ3) is 5.30. The van der Waals surface area contributed by atoms with Crippen LogP contribution < -0.4 is 5.32 Å². The molecule has 0 aliphatic heterocycles. The van der Waals surface area contributed by atoms with Crippen molar-refractivity contribution < 1.29 is 14.7 Å². The summed E-state index contributed by atoms with van der Waals surface area (Å²) in [5.74, 6) is -0.805. The minimum Gasteiger partial charge on any atom is -0.480 e. The van der Waals surface area contributed by atoms with E-state index in [1.54, 1.807) is 0 Å². The lowest BCUT2D eigenvalue weighted by Gasteiger charge is -2.23. The third-order valence-corrected chi connectivity index (χ3v) is 2.67. The number of carbonyl (C=O) groups excluding carboxylic acids is 1. The van der Waals surface area contributed by atoms with E-state index >= 15 is 0 Å². The van der Waals surface area contributed by atoms with Crippen molar-refractivity contribution in [2.24, 2.45) is 5.92 Å². The van der Waals surface area contributed by atoms with Crippen molar-refractivity contribution in [3.8, 4) is 0 Å². The number of carbonyl (C=O) groups is 2. The number of carboxylic acids is 1. The van der Waals surface area contributed by atoms with Gasteiger partial charge in [0, 0.05) is 12.2 Å². The molecular weight excluding hydrogens is 256 g/mol. The van der Waals surface area contributed by atoms with Gasteiger partial charge >= 0.3 is 12.0 Å². The molecule has 1 aromatic rings. The number of rotatable bonds is 5. The van der Waals surface area contributed by atoms with Crippen LogP contribution in [0.25, 0.3) is 0 Å². The molecule has 5 heteroatoms. The lowest BCUT2D eigenvalue weighted by molar-refractivity contribution is -0.137. The van der Waals surface area contributed by atoms with Crippen LogP contribution >= 0.6 is 0 Å². The molecule has 0 bridgehead atoms. The number of carboxylic acid groups (broad SMARTS) is 1. The SMILES string of the molecule is Cc1cc(C)cc(NC(=O)N(CC(=O)O)CC(C)C)c1. The number of anilines is 1. The number of aryl methyl sites for hydroxylation is 2.